The van der Waals surface area contributed by atoms with Gasteiger partial charge in [0.05, 0.1) is 18.4 Å². The molecule has 2 fully saturated rings. The van der Waals surface area contributed by atoms with Gasteiger partial charge in [-0.25, -0.2) is 0 Å². The predicted octanol–water partition coefficient (Wildman–Crippen LogP) is 2.65. The molecule has 5 nitrogen and oxygen atoms in total. The number of rotatable bonds is 4. The molecular weight excluding hydrogens is 324 g/mol. The summed E-state index contributed by atoms with van der Waals surface area (Å²) < 4.78 is 6.15. The molecule has 5 heteroatoms. The van der Waals surface area contributed by atoms with E-state index in [-0.39, 0.29) is 0 Å². The van der Waals surface area contributed by atoms with Crippen molar-refractivity contribution in [2.24, 2.45) is 0 Å². The van der Waals surface area contributed by atoms with Gasteiger partial charge in [0, 0.05) is 56.9 Å². The Morgan fingerprint density at radius 3 is 2.85 bits per heavy atom. The number of morpholine rings is 1. The molecule has 4 rings (SSSR count). The average Bonchev–Trinajstić information content (AvgIpc) is 2.86. The molecule has 2 aromatic rings. The third kappa shape index (κ3) is 4.29. The summed E-state index contributed by atoms with van der Waals surface area (Å²) in [5, 5.41) is 0. The molecule has 0 radical (unpaired) electrons. The van der Waals surface area contributed by atoms with Crippen LogP contribution in [0.15, 0.2) is 42.7 Å². The lowest BCUT2D eigenvalue weighted by Gasteiger charge is -2.40. The minimum Gasteiger partial charge on any atom is -0.375 e. The van der Waals surface area contributed by atoms with Crippen LogP contribution < -0.4 is 0 Å². The Hall–Kier alpha value is -1.82. The zero-order valence-corrected chi connectivity index (χ0v) is 15.6. The van der Waals surface area contributed by atoms with E-state index in [4.69, 9.17) is 4.74 Å². The van der Waals surface area contributed by atoms with Gasteiger partial charge < -0.3 is 4.74 Å². The van der Waals surface area contributed by atoms with E-state index in [0.717, 1.165) is 57.9 Å². The average molecular weight is 352 g/mol. The van der Waals surface area contributed by atoms with Crippen molar-refractivity contribution in [1.29, 1.82) is 0 Å². The molecule has 0 unspecified atom stereocenters. The van der Waals surface area contributed by atoms with Crippen LogP contribution in [0.25, 0.3) is 0 Å². The van der Waals surface area contributed by atoms with E-state index >= 15 is 0 Å². The fourth-order valence-corrected chi connectivity index (χ4v) is 4.21. The van der Waals surface area contributed by atoms with Gasteiger partial charge in [-0.3, -0.25) is 19.8 Å². The quantitative estimate of drug-likeness (QED) is 0.846. The third-order valence-electron chi connectivity index (χ3n) is 5.52. The maximum Gasteiger partial charge on any atom is 0.0743 e. The molecule has 2 aliphatic heterocycles. The second kappa shape index (κ2) is 8.25. The molecule has 2 atom stereocenters. The lowest BCUT2D eigenvalue weighted by molar-refractivity contribution is -0.0747. The number of hydrogen-bond acceptors (Lipinski definition) is 5. The van der Waals surface area contributed by atoms with Gasteiger partial charge >= 0.3 is 0 Å². The van der Waals surface area contributed by atoms with E-state index in [0.29, 0.717) is 12.1 Å². The van der Waals surface area contributed by atoms with Crippen molar-refractivity contribution in [3.8, 4) is 0 Å². The first kappa shape index (κ1) is 17.6. The predicted molar refractivity (Wildman–Crippen MR) is 102 cm³/mol. The second-order valence-electron chi connectivity index (χ2n) is 7.43. The monoisotopic (exact) mass is 352 g/mol. The molecule has 2 aromatic heterocycles. The van der Waals surface area contributed by atoms with E-state index in [2.05, 4.69) is 51.0 Å². The summed E-state index contributed by atoms with van der Waals surface area (Å²) in [6.07, 6.45) is 6.41. The van der Waals surface area contributed by atoms with E-state index in [1.165, 1.54) is 11.3 Å². The molecule has 0 amide bonds. The third-order valence-corrected chi connectivity index (χ3v) is 5.52. The van der Waals surface area contributed by atoms with E-state index < -0.39 is 0 Å². The maximum absolute atomic E-state index is 6.15. The van der Waals surface area contributed by atoms with Crippen LogP contribution in [0.1, 0.15) is 29.8 Å². The van der Waals surface area contributed by atoms with Crippen molar-refractivity contribution in [3.63, 3.8) is 0 Å². The van der Waals surface area contributed by atoms with Crippen molar-refractivity contribution >= 4 is 0 Å². The minimum absolute atomic E-state index is 0.343. The Kier molecular flexibility index (Phi) is 5.58. The minimum atomic E-state index is 0.343. The lowest BCUT2D eigenvalue weighted by atomic mass is 10.0. The highest BCUT2D eigenvalue weighted by atomic mass is 16.5. The summed E-state index contributed by atoms with van der Waals surface area (Å²) >= 11 is 0. The Labute approximate surface area is 156 Å². The van der Waals surface area contributed by atoms with Crippen LogP contribution in [0.3, 0.4) is 0 Å². The highest BCUT2D eigenvalue weighted by Gasteiger charge is 2.34. The van der Waals surface area contributed by atoms with Crippen LogP contribution in [0.5, 0.6) is 0 Å². The molecular formula is C21H28N4O. The number of likely N-dealkylation sites (tertiary alicyclic amines) is 1. The van der Waals surface area contributed by atoms with Crippen molar-refractivity contribution in [3.05, 3.63) is 59.7 Å². The largest absolute Gasteiger partial charge is 0.375 e. The Balaban J connectivity index is 1.40. The SMILES string of the molecule is Cc1cccc(CN2CC[C@@H]3[C@@H](CC2)OCCN3Cc2cccnc2)n1. The fourth-order valence-electron chi connectivity index (χ4n) is 4.21. The Morgan fingerprint density at radius 2 is 2.00 bits per heavy atom. The number of nitrogens with zero attached hydrogens (tertiary/aromatic N) is 4. The number of hydrogen-bond donors (Lipinski definition) is 0. The van der Waals surface area contributed by atoms with Gasteiger partial charge in [-0.15, -0.1) is 0 Å². The van der Waals surface area contributed by atoms with Crippen molar-refractivity contribution < 1.29 is 4.74 Å². The summed E-state index contributed by atoms with van der Waals surface area (Å²) in [5.74, 6) is 0. The first-order valence-electron chi connectivity index (χ1n) is 9.67. The number of fused-ring (bicyclic) bond motifs is 1. The normalized spacial score (nSPS) is 24.8. The summed E-state index contributed by atoms with van der Waals surface area (Å²) in [6.45, 7) is 7.99. The van der Waals surface area contributed by atoms with E-state index in [9.17, 15) is 0 Å². The molecule has 0 saturated carbocycles. The fraction of sp³-hybridized carbons (Fsp3) is 0.524. The van der Waals surface area contributed by atoms with Crippen molar-refractivity contribution in [1.82, 2.24) is 19.8 Å². The standard InChI is InChI=1S/C21H28N4O/c1-17-4-2-6-19(23-17)16-24-10-7-20-21(8-11-24)26-13-12-25(20)15-18-5-3-9-22-14-18/h2-6,9,14,20-21H,7-8,10-13,15-16H2,1H3/t20-,21-/m1/s1. The van der Waals surface area contributed by atoms with Gasteiger partial charge in [-0.2, -0.15) is 0 Å². The first-order chi connectivity index (χ1) is 12.8. The van der Waals surface area contributed by atoms with Crippen molar-refractivity contribution in [2.75, 3.05) is 26.2 Å². The summed E-state index contributed by atoms with van der Waals surface area (Å²) in [7, 11) is 0. The van der Waals surface area contributed by atoms with Crippen LogP contribution in [-0.4, -0.2) is 58.2 Å². The molecule has 4 heterocycles. The van der Waals surface area contributed by atoms with Gasteiger partial charge in [0.1, 0.15) is 0 Å². The van der Waals surface area contributed by atoms with E-state index in [1.54, 1.807) is 0 Å². The van der Waals surface area contributed by atoms with Crippen LogP contribution in [0.2, 0.25) is 0 Å². The van der Waals surface area contributed by atoms with Crippen LogP contribution in [0.4, 0.5) is 0 Å². The van der Waals surface area contributed by atoms with Crippen LogP contribution in [-0.2, 0) is 17.8 Å². The van der Waals surface area contributed by atoms with Gasteiger partial charge in [0.15, 0.2) is 0 Å². The molecule has 26 heavy (non-hydrogen) atoms. The highest BCUT2D eigenvalue weighted by molar-refractivity contribution is 5.10. The zero-order chi connectivity index (χ0) is 17.8. The zero-order valence-electron chi connectivity index (χ0n) is 15.6. The van der Waals surface area contributed by atoms with E-state index in [1.807, 2.05) is 18.5 Å². The Morgan fingerprint density at radius 1 is 1.08 bits per heavy atom. The molecule has 138 valence electrons. The first-order valence-corrected chi connectivity index (χ1v) is 9.67. The topological polar surface area (TPSA) is 41.5 Å². The van der Waals surface area contributed by atoms with Gasteiger partial charge in [-0.1, -0.05) is 12.1 Å². The second-order valence-corrected chi connectivity index (χ2v) is 7.43. The smallest absolute Gasteiger partial charge is 0.0743 e. The Bertz CT molecular complexity index is 708. The van der Waals surface area contributed by atoms with Gasteiger partial charge in [0.25, 0.3) is 0 Å². The van der Waals surface area contributed by atoms with Crippen molar-refractivity contribution in [2.45, 2.75) is 45.0 Å². The van der Waals surface area contributed by atoms with Gasteiger partial charge in [0.2, 0.25) is 0 Å². The molecule has 0 bridgehead atoms. The maximum atomic E-state index is 6.15. The van der Waals surface area contributed by atoms with Gasteiger partial charge in [-0.05, 0) is 43.5 Å². The molecule has 0 aliphatic carbocycles. The molecule has 0 aromatic carbocycles. The summed E-state index contributed by atoms with van der Waals surface area (Å²) in [6, 6.07) is 11.0. The molecule has 2 aliphatic rings. The molecule has 0 N–H and O–H groups in total. The summed E-state index contributed by atoms with van der Waals surface area (Å²) in [4.78, 5) is 14.1. The molecule has 2 saturated heterocycles. The van der Waals surface area contributed by atoms with Crippen LogP contribution in [0, 0.1) is 6.92 Å². The van der Waals surface area contributed by atoms with Crippen LogP contribution >= 0.6 is 0 Å². The molecule has 0 spiro atoms. The number of aromatic nitrogens is 2. The number of ether oxygens (including phenoxy) is 1. The summed E-state index contributed by atoms with van der Waals surface area (Å²) in [5.41, 5.74) is 3.55. The number of aryl methyl sites for hydroxylation is 1. The highest BCUT2D eigenvalue weighted by Crippen LogP contribution is 2.25. The number of pyridine rings is 2. The lowest BCUT2D eigenvalue weighted by Crippen LogP contribution is -2.50.